The van der Waals surface area contributed by atoms with Crippen LogP contribution in [0.15, 0.2) is 59.1 Å². The highest BCUT2D eigenvalue weighted by Gasteiger charge is 2.22. The number of carbonyl (C=O) groups is 2. The average Bonchev–Trinajstić information content (AvgIpc) is 3.39. The number of nitrogens with zero attached hydrogens (tertiary/aromatic N) is 3. The first kappa shape index (κ1) is 23.1. The van der Waals surface area contributed by atoms with Crippen molar-refractivity contribution in [2.75, 3.05) is 11.1 Å². The summed E-state index contributed by atoms with van der Waals surface area (Å²) in [6.07, 6.45) is 0.114. The van der Waals surface area contributed by atoms with Crippen molar-refractivity contribution in [3.8, 4) is 22.5 Å². The smallest absolute Gasteiger partial charge is 0.254 e. The first-order chi connectivity index (χ1) is 16.2. The van der Waals surface area contributed by atoms with Crippen LogP contribution in [0.2, 0.25) is 5.02 Å². The lowest BCUT2D eigenvalue weighted by atomic mass is 10.0. The molecule has 0 unspecified atom stereocenters. The maximum Gasteiger partial charge on any atom is 0.254 e. The number of hydrogen-bond acceptors (Lipinski definition) is 6. The minimum atomic E-state index is -0.645. The number of aromatic nitrogens is 3. The Bertz CT molecular complexity index is 1340. The Balaban J connectivity index is 1.45. The maximum atomic E-state index is 12.5. The molecule has 0 spiro atoms. The number of nitrogens with one attached hydrogen (secondary N) is 1. The van der Waals surface area contributed by atoms with Gasteiger partial charge in [0, 0.05) is 28.3 Å². The van der Waals surface area contributed by atoms with E-state index in [0.29, 0.717) is 22.0 Å². The molecule has 0 fully saturated rings. The third-order valence-corrected chi connectivity index (χ3v) is 5.44. The van der Waals surface area contributed by atoms with Crippen molar-refractivity contribution in [2.24, 2.45) is 5.73 Å². The molecule has 2 heterocycles. The Kier molecular flexibility index (Phi) is 6.38. The van der Waals surface area contributed by atoms with Gasteiger partial charge in [-0.25, -0.2) is 4.68 Å². The van der Waals surface area contributed by atoms with Crippen molar-refractivity contribution < 1.29 is 14.1 Å². The van der Waals surface area contributed by atoms with Crippen molar-refractivity contribution in [1.29, 1.82) is 0 Å². The quantitative estimate of drug-likeness (QED) is 0.361. The van der Waals surface area contributed by atoms with Crippen LogP contribution in [0.4, 0.5) is 11.7 Å². The first-order valence-electron chi connectivity index (χ1n) is 10.5. The molecule has 34 heavy (non-hydrogen) atoms. The molecule has 0 aliphatic rings. The second kappa shape index (κ2) is 9.40. The third kappa shape index (κ3) is 4.79. The van der Waals surface area contributed by atoms with Crippen molar-refractivity contribution in [1.82, 2.24) is 14.9 Å². The van der Waals surface area contributed by atoms with Gasteiger partial charge in [0.25, 0.3) is 5.91 Å². The third-order valence-electron chi connectivity index (χ3n) is 5.19. The Morgan fingerprint density at radius 3 is 2.35 bits per heavy atom. The predicted octanol–water partition coefficient (Wildman–Crippen LogP) is 4.30. The lowest BCUT2D eigenvalue weighted by Gasteiger charge is -2.07. The topological polar surface area (TPSA) is 142 Å². The van der Waals surface area contributed by atoms with Gasteiger partial charge in [0.1, 0.15) is 22.8 Å². The normalized spacial score (nSPS) is 11.1. The number of amides is 2. The summed E-state index contributed by atoms with van der Waals surface area (Å²) >= 11 is 5.91. The summed E-state index contributed by atoms with van der Waals surface area (Å²) in [7, 11) is 0. The number of anilines is 2. The van der Waals surface area contributed by atoms with Gasteiger partial charge in [0.05, 0.1) is 6.42 Å². The van der Waals surface area contributed by atoms with Crippen LogP contribution in [0.5, 0.6) is 0 Å². The van der Waals surface area contributed by atoms with Gasteiger partial charge >= 0.3 is 0 Å². The molecule has 0 saturated heterocycles. The van der Waals surface area contributed by atoms with E-state index in [9.17, 15) is 9.59 Å². The summed E-state index contributed by atoms with van der Waals surface area (Å²) in [5.74, 6) is -0.441. The molecule has 4 aromatic rings. The minimum absolute atomic E-state index is 0.0360. The highest BCUT2D eigenvalue weighted by Crippen LogP contribution is 2.29. The summed E-state index contributed by atoms with van der Waals surface area (Å²) in [5.41, 5.74) is 15.0. The van der Waals surface area contributed by atoms with Gasteiger partial charge in [-0.15, -0.1) is 0 Å². The van der Waals surface area contributed by atoms with Gasteiger partial charge in [-0.1, -0.05) is 53.2 Å². The molecule has 0 bridgehead atoms. The Labute approximate surface area is 200 Å². The predicted molar refractivity (Wildman–Crippen MR) is 130 cm³/mol. The fourth-order valence-corrected chi connectivity index (χ4v) is 3.65. The lowest BCUT2D eigenvalue weighted by Crippen LogP contribution is -2.15. The van der Waals surface area contributed by atoms with Gasteiger partial charge < -0.3 is 16.0 Å². The fourth-order valence-electron chi connectivity index (χ4n) is 3.52. The largest absolute Gasteiger partial charge is 0.383 e. The standard InChI is InChI=1S/C24H23ClN6O3/c1-13(2)31-23(26)21(24(27)33)22(29-31)16-5-3-14(4-6-16)11-19(32)28-20-12-18(30-34-20)15-7-9-17(25)10-8-15/h3-10,12-13H,11,26H2,1-2H3,(H2,27,33)(H,28,32). The van der Waals surface area contributed by atoms with Gasteiger partial charge in [0.2, 0.25) is 11.8 Å². The molecule has 2 amide bonds. The van der Waals surface area contributed by atoms with E-state index in [4.69, 9.17) is 27.6 Å². The SMILES string of the molecule is CC(C)n1nc(-c2ccc(CC(=O)Nc3cc(-c4ccc(Cl)cc4)no3)cc2)c(C(N)=O)c1N. The minimum Gasteiger partial charge on any atom is -0.383 e. The molecule has 0 aliphatic heterocycles. The van der Waals surface area contributed by atoms with Gasteiger partial charge in [-0.3, -0.25) is 14.9 Å². The first-order valence-corrected chi connectivity index (χ1v) is 10.9. The molecule has 4 rings (SSSR count). The Morgan fingerprint density at radius 1 is 1.09 bits per heavy atom. The average molecular weight is 479 g/mol. The molecule has 5 N–H and O–H groups in total. The van der Waals surface area contributed by atoms with E-state index >= 15 is 0 Å². The fraction of sp³-hybridized carbons (Fsp3) is 0.167. The van der Waals surface area contributed by atoms with Crippen molar-refractivity contribution in [3.05, 3.63) is 70.7 Å². The number of carbonyl (C=O) groups excluding carboxylic acids is 2. The summed E-state index contributed by atoms with van der Waals surface area (Å²) in [5, 5.41) is 11.8. The highest BCUT2D eigenvalue weighted by atomic mass is 35.5. The molecule has 0 saturated carbocycles. The molecule has 10 heteroatoms. The zero-order valence-electron chi connectivity index (χ0n) is 18.6. The molecule has 0 aliphatic carbocycles. The van der Waals surface area contributed by atoms with E-state index in [-0.39, 0.29) is 35.6 Å². The molecule has 9 nitrogen and oxygen atoms in total. The van der Waals surface area contributed by atoms with E-state index < -0.39 is 5.91 Å². The molecule has 0 radical (unpaired) electrons. The number of benzene rings is 2. The van der Waals surface area contributed by atoms with Gasteiger partial charge in [-0.05, 0) is 31.5 Å². The van der Waals surface area contributed by atoms with E-state index in [0.717, 1.165) is 11.1 Å². The van der Waals surface area contributed by atoms with Crippen molar-refractivity contribution >= 4 is 35.1 Å². The maximum absolute atomic E-state index is 12.5. The van der Waals surface area contributed by atoms with Crippen LogP contribution in [0, 0.1) is 0 Å². The van der Waals surface area contributed by atoms with E-state index in [1.54, 1.807) is 47.1 Å². The van der Waals surface area contributed by atoms with Crippen molar-refractivity contribution in [2.45, 2.75) is 26.3 Å². The number of nitrogens with two attached hydrogens (primary N) is 2. The number of halogens is 1. The second-order valence-corrected chi connectivity index (χ2v) is 8.45. The van der Waals surface area contributed by atoms with E-state index in [1.807, 2.05) is 26.0 Å². The number of primary amides is 1. The molecule has 174 valence electrons. The molecular formula is C24H23ClN6O3. The molecule has 2 aromatic carbocycles. The summed E-state index contributed by atoms with van der Waals surface area (Å²) in [6, 6.07) is 15.8. The summed E-state index contributed by atoms with van der Waals surface area (Å²) in [6.45, 7) is 3.82. The van der Waals surface area contributed by atoms with Crippen LogP contribution in [0.25, 0.3) is 22.5 Å². The number of rotatable bonds is 7. The highest BCUT2D eigenvalue weighted by molar-refractivity contribution is 6.30. The molecular weight excluding hydrogens is 456 g/mol. The van der Waals surface area contributed by atoms with Gasteiger partial charge in [-0.2, -0.15) is 5.10 Å². The second-order valence-electron chi connectivity index (χ2n) is 8.02. The van der Waals surface area contributed by atoms with E-state index in [1.165, 1.54) is 0 Å². The van der Waals surface area contributed by atoms with Crippen LogP contribution in [0.1, 0.15) is 35.8 Å². The lowest BCUT2D eigenvalue weighted by molar-refractivity contribution is -0.115. The van der Waals surface area contributed by atoms with Crippen LogP contribution in [-0.4, -0.2) is 26.8 Å². The Hall–Kier alpha value is -4.11. The summed E-state index contributed by atoms with van der Waals surface area (Å²) in [4.78, 5) is 24.4. The molecule has 2 aromatic heterocycles. The monoisotopic (exact) mass is 478 g/mol. The summed E-state index contributed by atoms with van der Waals surface area (Å²) < 4.78 is 6.78. The van der Waals surface area contributed by atoms with Crippen molar-refractivity contribution in [3.63, 3.8) is 0 Å². The zero-order chi connectivity index (χ0) is 24.4. The zero-order valence-corrected chi connectivity index (χ0v) is 19.3. The Morgan fingerprint density at radius 2 is 1.74 bits per heavy atom. The van der Waals surface area contributed by atoms with E-state index in [2.05, 4.69) is 15.6 Å². The van der Waals surface area contributed by atoms with Crippen LogP contribution >= 0.6 is 11.6 Å². The molecule has 0 atom stereocenters. The number of nitrogen functional groups attached to an aromatic ring is 1. The number of hydrogen-bond donors (Lipinski definition) is 3. The van der Waals surface area contributed by atoms with Crippen LogP contribution < -0.4 is 16.8 Å². The van der Waals surface area contributed by atoms with Gasteiger partial charge in [0.15, 0.2) is 0 Å². The van der Waals surface area contributed by atoms with Crippen LogP contribution in [0.3, 0.4) is 0 Å². The van der Waals surface area contributed by atoms with Crippen LogP contribution in [-0.2, 0) is 11.2 Å².